The molecule has 0 saturated carbocycles. The maximum atomic E-state index is 13.3. The molecule has 7 heteroatoms. The van der Waals surface area contributed by atoms with Gasteiger partial charge in [0.2, 0.25) is 5.95 Å². The number of nitrogens with one attached hydrogen (secondary N) is 1. The zero-order valence-electron chi connectivity index (χ0n) is 21.0. The van der Waals surface area contributed by atoms with Crippen LogP contribution in [0.1, 0.15) is 23.6 Å². The molecule has 0 bridgehead atoms. The van der Waals surface area contributed by atoms with E-state index in [9.17, 15) is 4.79 Å². The number of aryl methyl sites for hydroxylation is 1. The first-order chi connectivity index (χ1) is 17.5. The lowest BCUT2D eigenvalue weighted by Gasteiger charge is -2.34. The minimum absolute atomic E-state index is 0.152. The zero-order chi connectivity index (χ0) is 25.1. The Morgan fingerprint density at radius 3 is 2.50 bits per heavy atom. The van der Waals surface area contributed by atoms with Gasteiger partial charge >= 0.3 is 0 Å². The van der Waals surface area contributed by atoms with Crippen molar-refractivity contribution in [2.45, 2.75) is 20.4 Å². The van der Waals surface area contributed by atoms with Crippen molar-refractivity contribution in [1.82, 2.24) is 19.4 Å². The van der Waals surface area contributed by atoms with Crippen molar-refractivity contribution in [2.75, 3.05) is 43.4 Å². The Bertz CT molecular complexity index is 1510. The van der Waals surface area contributed by atoms with E-state index >= 15 is 0 Å². The second-order valence-corrected chi connectivity index (χ2v) is 9.19. The van der Waals surface area contributed by atoms with Crippen molar-refractivity contribution >= 4 is 28.4 Å². The Morgan fingerprint density at radius 1 is 1.03 bits per heavy atom. The van der Waals surface area contributed by atoms with Crippen molar-refractivity contribution in [3.8, 4) is 11.8 Å². The van der Waals surface area contributed by atoms with Crippen LogP contribution in [0.3, 0.4) is 0 Å². The van der Waals surface area contributed by atoms with E-state index in [-0.39, 0.29) is 5.56 Å². The van der Waals surface area contributed by atoms with E-state index in [1.165, 1.54) is 5.69 Å². The van der Waals surface area contributed by atoms with Crippen LogP contribution in [0, 0.1) is 18.8 Å². The zero-order valence-corrected chi connectivity index (χ0v) is 21.0. The predicted molar refractivity (Wildman–Crippen MR) is 146 cm³/mol. The fourth-order valence-electron chi connectivity index (χ4n) is 4.50. The fourth-order valence-corrected chi connectivity index (χ4v) is 4.50. The summed E-state index contributed by atoms with van der Waals surface area (Å²) < 4.78 is 1.70. The van der Waals surface area contributed by atoms with Gasteiger partial charge in [0.05, 0.1) is 12.1 Å². The first-order valence-corrected chi connectivity index (χ1v) is 12.2. The summed E-state index contributed by atoms with van der Waals surface area (Å²) >= 11 is 0. The number of anilines is 3. The number of hydrogen-bond donors (Lipinski definition) is 1. The second kappa shape index (κ2) is 10.2. The Labute approximate surface area is 211 Å². The average Bonchev–Trinajstić information content (AvgIpc) is 2.89. The highest BCUT2D eigenvalue weighted by Crippen LogP contribution is 2.22. The van der Waals surface area contributed by atoms with E-state index in [1.54, 1.807) is 23.8 Å². The van der Waals surface area contributed by atoms with Gasteiger partial charge in [-0.05, 0) is 62.4 Å². The van der Waals surface area contributed by atoms with Crippen LogP contribution in [0.25, 0.3) is 11.0 Å². The number of nitrogens with zero attached hydrogens (tertiary/aromatic N) is 5. The molecule has 0 spiro atoms. The maximum Gasteiger partial charge on any atom is 0.268 e. The molecule has 182 valence electrons. The number of piperazine rings is 1. The van der Waals surface area contributed by atoms with Gasteiger partial charge in [-0.1, -0.05) is 30.2 Å². The summed E-state index contributed by atoms with van der Waals surface area (Å²) in [5.41, 5.74) is 5.17. The van der Waals surface area contributed by atoms with Crippen molar-refractivity contribution < 1.29 is 0 Å². The minimum Gasteiger partial charge on any atom is -0.369 e. The molecule has 4 aromatic rings. The van der Waals surface area contributed by atoms with E-state index in [2.05, 4.69) is 51.1 Å². The largest absolute Gasteiger partial charge is 0.369 e. The normalized spacial score (nSPS) is 13.9. The van der Waals surface area contributed by atoms with Crippen molar-refractivity contribution in [3.63, 3.8) is 0 Å². The third-order valence-electron chi connectivity index (χ3n) is 6.67. The van der Waals surface area contributed by atoms with Crippen LogP contribution in [0.15, 0.2) is 65.6 Å². The van der Waals surface area contributed by atoms with Gasteiger partial charge in [-0.15, -0.1) is 5.92 Å². The fraction of sp³-hybridized carbons (Fsp3) is 0.276. The number of pyridine rings is 1. The molecule has 1 N–H and O–H groups in total. The molecule has 1 aliphatic rings. The number of rotatable bonds is 5. The van der Waals surface area contributed by atoms with E-state index in [0.717, 1.165) is 48.4 Å². The molecule has 0 aliphatic carbocycles. The highest BCUT2D eigenvalue weighted by Gasteiger charge is 2.15. The van der Waals surface area contributed by atoms with Gasteiger partial charge in [0.1, 0.15) is 5.65 Å². The molecule has 0 atom stereocenters. The Morgan fingerprint density at radius 2 is 1.78 bits per heavy atom. The Balaban J connectivity index is 1.47. The topological polar surface area (TPSA) is 66.3 Å². The average molecular weight is 479 g/mol. The maximum absolute atomic E-state index is 13.3. The lowest BCUT2D eigenvalue weighted by Crippen LogP contribution is -2.44. The first kappa shape index (κ1) is 23.6. The number of benzene rings is 2. The summed E-state index contributed by atoms with van der Waals surface area (Å²) in [6, 6.07) is 18.2. The molecule has 7 nitrogen and oxygen atoms in total. The molecule has 2 aromatic carbocycles. The lowest BCUT2D eigenvalue weighted by atomic mass is 10.1. The summed E-state index contributed by atoms with van der Waals surface area (Å²) in [5.74, 6) is 6.23. The molecular weight excluding hydrogens is 448 g/mol. The summed E-state index contributed by atoms with van der Waals surface area (Å²) in [6.45, 7) is 8.39. The second-order valence-electron chi connectivity index (χ2n) is 9.19. The quantitative estimate of drug-likeness (QED) is 0.437. The lowest BCUT2D eigenvalue weighted by molar-refractivity contribution is 0.313. The molecule has 1 saturated heterocycles. The van der Waals surface area contributed by atoms with Crippen molar-refractivity contribution in [3.05, 3.63) is 87.8 Å². The van der Waals surface area contributed by atoms with E-state index in [1.807, 2.05) is 43.3 Å². The van der Waals surface area contributed by atoms with Crippen LogP contribution < -0.4 is 15.8 Å². The monoisotopic (exact) mass is 478 g/mol. The Hall–Kier alpha value is -4.15. The first-order valence-electron chi connectivity index (χ1n) is 12.2. The minimum atomic E-state index is -0.152. The van der Waals surface area contributed by atoms with Crippen LogP contribution in [-0.4, -0.2) is 52.7 Å². The third-order valence-corrected chi connectivity index (χ3v) is 6.67. The van der Waals surface area contributed by atoms with Gasteiger partial charge < -0.3 is 15.1 Å². The molecule has 1 fully saturated rings. The van der Waals surface area contributed by atoms with Gasteiger partial charge in [0.15, 0.2) is 0 Å². The Kier molecular flexibility index (Phi) is 6.70. The summed E-state index contributed by atoms with van der Waals surface area (Å²) in [4.78, 5) is 27.4. The van der Waals surface area contributed by atoms with Gasteiger partial charge in [0, 0.05) is 49.1 Å². The highest BCUT2D eigenvalue weighted by atomic mass is 16.1. The van der Waals surface area contributed by atoms with Crippen LogP contribution in [0.2, 0.25) is 0 Å². The van der Waals surface area contributed by atoms with Crippen LogP contribution >= 0.6 is 0 Å². The number of fused-ring (bicyclic) bond motifs is 1. The molecule has 0 radical (unpaired) electrons. The smallest absolute Gasteiger partial charge is 0.268 e. The van der Waals surface area contributed by atoms with Gasteiger partial charge in [-0.25, -0.2) is 4.98 Å². The summed E-state index contributed by atoms with van der Waals surface area (Å²) in [6.07, 6.45) is 1.75. The molecule has 0 unspecified atom stereocenters. The molecule has 0 amide bonds. The van der Waals surface area contributed by atoms with Gasteiger partial charge in [-0.2, -0.15) is 4.98 Å². The molecular formula is C29H30N6O. The predicted octanol–water partition coefficient (Wildman–Crippen LogP) is 4.02. The van der Waals surface area contributed by atoms with Gasteiger partial charge in [0.25, 0.3) is 5.56 Å². The molecule has 1 aliphatic heterocycles. The SMILES string of the molecule is CC#Cc1cc2cnc(Nc3ccc(N4CCN(C)CC4)cc3)nc2n(Cc2ccccc2C)c1=O. The molecule has 2 aromatic heterocycles. The van der Waals surface area contributed by atoms with E-state index in [4.69, 9.17) is 4.98 Å². The van der Waals surface area contributed by atoms with Crippen LogP contribution in [0.4, 0.5) is 17.3 Å². The van der Waals surface area contributed by atoms with E-state index < -0.39 is 0 Å². The molecule has 36 heavy (non-hydrogen) atoms. The van der Waals surface area contributed by atoms with E-state index in [0.29, 0.717) is 23.7 Å². The standard InChI is InChI=1S/C29H30N6O/c1-4-7-22-18-24-19-30-29(31-25-10-12-26(13-11-25)34-16-14-33(3)15-17-34)32-27(24)35(28(22)36)20-23-9-6-5-8-21(23)2/h5-6,8-13,18-19H,14-17,20H2,1-3H3,(H,30,31,32). The number of aromatic nitrogens is 3. The van der Waals surface area contributed by atoms with Crippen LogP contribution in [0.5, 0.6) is 0 Å². The molecule has 3 heterocycles. The van der Waals surface area contributed by atoms with Gasteiger partial charge in [-0.3, -0.25) is 9.36 Å². The highest BCUT2D eigenvalue weighted by molar-refractivity contribution is 5.77. The number of likely N-dealkylation sites (N-methyl/N-ethyl adjacent to an activating group) is 1. The van der Waals surface area contributed by atoms with Crippen LogP contribution in [-0.2, 0) is 6.54 Å². The third kappa shape index (κ3) is 4.95. The summed E-state index contributed by atoms with van der Waals surface area (Å²) in [7, 11) is 2.16. The summed E-state index contributed by atoms with van der Waals surface area (Å²) in [5, 5.41) is 4.08. The van der Waals surface area contributed by atoms with Crippen molar-refractivity contribution in [2.24, 2.45) is 0 Å². The number of hydrogen-bond acceptors (Lipinski definition) is 6. The molecule has 5 rings (SSSR count). The van der Waals surface area contributed by atoms with Crippen molar-refractivity contribution in [1.29, 1.82) is 0 Å².